The summed E-state index contributed by atoms with van der Waals surface area (Å²) < 4.78 is 11.3. The fourth-order valence-corrected chi connectivity index (χ4v) is 3.07. The first-order valence-electron chi connectivity index (χ1n) is 10.2. The predicted molar refractivity (Wildman–Crippen MR) is 119 cm³/mol. The number of carbonyl (C=O) groups excluding carboxylic acids is 1. The highest BCUT2D eigenvalue weighted by Crippen LogP contribution is 2.19. The van der Waals surface area contributed by atoms with Crippen LogP contribution in [0.4, 0.5) is 5.69 Å². The molecule has 1 heterocycles. The average molecular weight is 413 g/mol. The van der Waals surface area contributed by atoms with Crippen molar-refractivity contribution < 1.29 is 13.9 Å². The van der Waals surface area contributed by atoms with Crippen LogP contribution < -0.4 is 10.1 Å². The van der Waals surface area contributed by atoms with E-state index in [1.165, 1.54) is 5.56 Å². The zero-order valence-electron chi connectivity index (χ0n) is 17.2. The minimum atomic E-state index is -0.211. The van der Waals surface area contributed by atoms with E-state index in [4.69, 9.17) is 9.15 Å². The quantitative estimate of drug-likeness (QED) is 0.444. The van der Waals surface area contributed by atoms with Crippen molar-refractivity contribution in [3.05, 3.63) is 95.9 Å². The number of carbonyl (C=O) groups is 1. The van der Waals surface area contributed by atoms with E-state index in [2.05, 4.69) is 22.4 Å². The van der Waals surface area contributed by atoms with Gasteiger partial charge in [-0.2, -0.15) is 0 Å². The fourth-order valence-electron chi connectivity index (χ4n) is 3.07. The van der Waals surface area contributed by atoms with E-state index < -0.39 is 0 Å². The van der Waals surface area contributed by atoms with Gasteiger partial charge in [-0.1, -0.05) is 49.4 Å². The number of hydrogen-bond donors (Lipinski definition) is 1. The number of aromatic nitrogens is 2. The van der Waals surface area contributed by atoms with Gasteiger partial charge in [-0.05, 0) is 53.9 Å². The molecule has 1 aromatic heterocycles. The minimum absolute atomic E-state index is 0.0442. The maximum Gasteiger partial charge on any atom is 0.262 e. The Labute approximate surface area is 180 Å². The molecule has 0 saturated heterocycles. The molecule has 0 fully saturated rings. The zero-order chi connectivity index (χ0) is 21.5. The summed E-state index contributed by atoms with van der Waals surface area (Å²) in [6, 6.07) is 24.9. The van der Waals surface area contributed by atoms with Crippen LogP contribution in [0.15, 0.2) is 83.3 Å². The third-order valence-electron chi connectivity index (χ3n) is 4.78. The maximum absolute atomic E-state index is 12.2. The van der Waals surface area contributed by atoms with Gasteiger partial charge in [0.1, 0.15) is 5.75 Å². The third kappa shape index (κ3) is 5.57. The van der Waals surface area contributed by atoms with Crippen molar-refractivity contribution in [2.45, 2.75) is 19.8 Å². The van der Waals surface area contributed by atoms with E-state index in [0.29, 0.717) is 29.6 Å². The minimum Gasteiger partial charge on any atom is -0.484 e. The van der Waals surface area contributed by atoms with Crippen molar-refractivity contribution in [3.63, 3.8) is 0 Å². The number of nitrogens with one attached hydrogen (secondary N) is 1. The van der Waals surface area contributed by atoms with Gasteiger partial charge in [0, 0.05) is 11.3 Å². The Morgan fingerprint density at radius 2 is 1.61 bits per heavy atom. The summed E-state index contributed by atoms with van der Waals surface area (Å²) in [6.07, 6.45) is 1.49. The number of benzene rings is 3. The van der Waals surface area contributed by atoms with Gasteiger partial charge in [0.25, 0.3) is 5.91 Å². The number of amides is 1. The second kappa shape index (κ2) is 9.71. The van der Waals surface area contributed by atoms with E-state index in [1.807, 2.05) is 78.9 Å². The van der Waals surface area contributed by atoms with Crippen molar-refractivity contribution in [2.75, 3.05) is 11.9 Å². The highest BCUT2D eigenvalue weighted by Gasteiger charge is 2.09. The summed E-state index contributed by atoms with van der Waals surface area (Å²) in [5.74, 6) is 1.51. The molecule has 0 atom stereocenters. The Bertz CT molecular complexity index is 1120. The second-order valence-corrected chi connectivity index (χ2v) is 7.08. The molecule has 31 heavy (non-hydrogen) atoms. The first kappa shape index (κ1) is 20.3. The molecule has 4 rings (SSSR count). The Morgan fingerprint density at radius 1 is 0.903 bits per heavy atom. The van der Waals surface area contributed by atoms with Gasteiger partial charge in [-0.15, -0.1) is 10.2 Å². The number of aryl methyl sites for hydroxylation is 1. The largest absolute Gasteiger partial charge is 0.484 e. The molecule has 0 aliphatic heterocycles. The van der Waals surface area contributed by atoms with Crippen LogP contribution in [0.3, 0.4) is 0 Å². The molecule has 156 valence electrons. The third-order valence-corrected chi connectivity index (χ3v) is 4.78. The number of nitrogens with zero attached hydrogens (tertiary/aromatic N) is 2. The summed E-state index contributed by atoms with van der Waals surface area (Å²) in [5, 5.41) is 11.1. The van der Waals surface area contributed by atoms with E-state index in [9.17, 15) is 4.79 Å². The highest BCUT2D eigenvalue weighted by molar-refractivity contribution is 5.91. The smallest absolute Gasteiger partial charge is 0.262 e. The predicted octanol–water partition coefficient (Wildman–Crippen LogP) is 4.91. The summed E-state index contributed by atoms with van der Waals surface area (Å²) >= 11 is 0. The Kier molecular flexibility index (Phi) is 6.38. The van der Waals surface area contributed by atoms with Crippen molar-refractivity contribution in [1.29, 1.82) is 0 Å². The molecule has 0 unspecified atom stereocenters. The fraction of sp³-hybridized carbons (Fsp3) is 0.160. The summed E-state index contributed by atoms with van der Waals surface area (Å²) in [4.78, 5) is 12.2. The Balaban J connectivity index is 1.29. The van der Waals surface area contributed by atoms with Crippen LogP contribution in [0.1, 0.15) is 23.9 Å². The number of hydrogen-bond acceptors (Lipinski definition) is 5. The highest BCUT2D eigenvalue weighted by atomic mass is 16.5. The van der Waals surface area contributed by atoms with Crippen LogP contribution in [0.5, 0.6) is 5.75 Å². The molecule has 0 saturated carbocycles. The monoisotopic (exact) mass is 413 g/mol. The number of anilines is 1. The molecule has 0 spiro atoms. The van der Waals surface area contributed by atoms with Crippen LogP contribution in [0.25, 0.3) is 11.5 Å². The van der Waals surface area contributed by atoms with Gasteiger partial charge >= 0.3 is 0 Å². The van der Waals surface area contributed by atoms with E-state index >= 15 is 0 Å². The molecule has 1 amide bonds. The number of rotatable bonds is 8. The SMILES string of the molecule is CCc1ccc(OCC(=O)Nc2ccc(Cc3nnc(-c4ccccc4)o3)cc2)cc1. The van der Waals surface area contributed by atoms with E-state index in [1.54, 1.807) is 0 Å². The molecule has 0 radical (unpaired) electrons. The van der Waals surface area contributed by atoms with Gasteiger partial charge in [-0.25, -0.2) is 0 Å². The van der Waals surface area contributed by atoms with Gasteiger partial charge in [0.05, 0.1) is 6.42 Å². The van der Waals surface area contributed by atoms with Crippen molar-refractivity contribution in [3.8, 4) is 17.2 Å². The number of ether oxygens (including phenoxy) is 1. The molecular formula is C25H23N3O3. The van der Waals surface area contributed by atoms with Crippen LogP contribution >= 0.6 is 0 Å². The second-order valence-electron chi connectivity index (χ2n) is 7.08. The van der Waals surface area contributed by atoms with Crippen LogP contribution in [0, 0.1) is 0 Å². The topological polar surface area (TPSA) is 77.2 Å². The van der Waals surface area contributed by atoms with Crippen LogP contribution in [-0.2, 0) is 17.6 Å². The summed E-state index contributed by atoms with van der Waals surface area (Å²) in [6.45, 7) is 2.05. The average Bonchev–Trinajstić information content (AvgIpc) is 3.28. The summed E-state index contributed by atoms with van der Waals surface area (Å²) in [7, 11) is 0. The molecule has 6 nitrogen and oxygen atoms in total. The molecule has 6 heteroatoms. The summed E-state index contributed by atoms with van der Waals surface area (Å²) in [5.41, 5.74) is 3.83. The van der Waals surface area contributed by atoms with Crippen molar-refractivity contribution in [2.24, 2.45) is 0 Å². The lowest BCUT2D eigenvalue weighted by molar-refractivity contribution is -0.118. The zero-order valence-corrected chi connectivity index (χ0v) is 17.2. The Morgan fingerprint density at radius 3 is 2.32 bits per heavy atom. The standard InChI is InChI=1S/C25H23N3O3/c1-2-18-10-14-22(15-11-18)30-17-23(29)26-21-12-8-19(9-13-21)16-24-27-28-25(31-24)20-6-4-3-5-7-20/h3-15H,2,16-17H2,1H3,(H,26,29). The van der Waals surface area contributed by atoms with Gasteiger partial charge in [-0.3, -0.25) is 4.79 Å². The maximum atomic E-state index is 12.2. The van der Waals surface area contributed by atoms with Crippen LogP contribution in [-0.4, -0.2) is 22.7 Å². The van der Waals surface area contributed by atoms with Gasteiger partial charge in [0.2, 0.25) is 11.8 Å². The lowest BCUT2D eigenvalue weighted by Gasteiger charge is -2.08. The van der Waals surface area contributed by atoms with Crippen LogP contribution in [0.2, 0.25) is 0 Å². The van der Waals surface area contributed by atoms with E-state index in [-0.39, 0.29) is 12.5 Å². The lowest BCUT2D eigenvalue weighted by Crippen LogP contribution is -2.20. The first-order chi connectivity index (χ1) is 15.2. The molecule has 0 bridgehead atoms. The molecule has 3 aromatic carbocycles. The lowest BCUT2D eigenvalue weighted by atomic mass is 10.1. The molecular weight excluding hydrogens is 390 g/mol. The van der Waals surface area contributed by atoms with Gasteiger partial charge in [0.15, 0.2) is 6.61 Å². The molecule has 1 N–H and O–H groups in total. The van der Waals surface area contributed by atoms with E-state index in [0.717, 1.165) is 17.5 Å². The first-order valence-corrected chi connectivity index (χ1v) is 10.2. The van der Waals surface area contributed by atoms with Crippen molar-refractivity contribution >= 4 is 11.6 Å². The Hall–Kier alpha value is -3.93. The molecule has 0 aliphatic carbocycles. The molecule has 0 aliphatic rings. The molecule has 4 aromatic rings. The van der Waals surface area contributed by atoms with Crippen molar-refractivity contribution in [1.82, 2.24) is 10.2 Å². The normalized spacial score (nSPS) is 10.6. The van der Waals surface area contributed by atoms with Gasteiger partial charge < -0.3 is 14.5 Å².